The molecule has 0 fully saturated rings. The number of nitrogens with zero attached hydrogens (tertiary/aromatic N) is 4. The predicted molar refractivity (Wildman–Crippen MR) is 72.0 cm³/mol. The quantitative estimate of drug-likeness (QED) is 0.791. The van der Waals surface area contributed by atoms with E-state index in [-0.39, 0.29) is 18.5 Å². The number of carboxylic acid groups (broad SMARTS) is 1. The summed E-state index contributed by atoms with van der Waals surface area (Å²) in [4.78, 5) is 22.3. The molecule has 0 aromatic carbocycles. The highest BCUT2D eigenvalue weighted by molar-refractivity contribution is 5.66. The fraction of sp³-hybridized carbons (Fsp3) is 0.214. The summed E-state index contributed by atoms with van der Waals surface area (Å²) in [6.45, 7) is 0.306. The first kappa shape index (κ1) is 14.4. The Labute approximate surface area is 120 Å². The van der Waals surface area contributed by atoms with Crippen molar-refractivity contribution < 1.29 is 14.6 Å². The van der Waals surface area contributed by atoms with Gasteiger partial charge in [-0.05, 0) is 16.7 Å². The molecule has 0 saturated heterocycles. The van der Waals surface area contributed by atoms with E-state index >= 15 is 0 Å². The molecule has 0 aliphatic rings. The number of carbonyl (C=O) groups is 1. The maximum atomic E-state index is 11.8. The second-order valence-corrected chi connectivity index (χ2v) is 4.36. The van der Waals surface area contributed by atoms with Crippen molar-refractivity contribution in [3.8, 4) is 17.2 Å². The minimum Gasteiger partial charge on any atom is -0.481 e. The van der Waals surface area contributed by atoms with E-state index in [1.54, 1.807) is 30.7 Å². The Kier molecular flexibility index (Phi) is 4.41. The van der Waals surface area contributed by atoms with Gasteiger partial charge in [0.05, 0.1) is 6.07 Å². The number of hydrogen-bond acceptors (Lipinski definition) is 4. The maximum absolute atomic E-state index is 11.8. The van der Waals surface area contributed by atoms with E-state index in [0.717, 1.165) is 5.56 Å². The minimum atomic E-state index is -0.880. The molecule has 106 valence electrons. The van der Waals surface area contributed by atoms with Crippen LogP contribution >= 0.6 is 0 Å². The summed E-state index contributed by atoms with van der Waals surface area (Å²) in [6, 6.07) is 6.85. The van der Waals surface area contributed by atoms with Crippen LogP contribution in [0, 0.1) is 11.3 Å². The Balaban J connectivity index is 2.19. The van der Waals surface area contributed by atoms with Crippen LogP contribution < -0.4 is 10.2 Å². The first-order valence-electron chi connectivity index (χ1n) is 6.25. The lowest BCUT2D eigenvalue weighted by atomic mass is 10.1. The predicted octanol–water partition coefficient (Wildman–Crippen LogP) is 0.196. The summed E-state index contributed by atoms with van der Waals surface area (Å²) in [5.74, 6) is -0.880. The van der Waals surface area contributed by atoms with Gasteiger partial charge < -0.3 is 9.67 Å². The molecule has 2 heterocycles. The largest absolute Gasteiger partial charge is 0.481 e. The topological polar surface area (TPSA) is 99.9 Å². The number of aliphatic carboxylic acids is 1. The van der Waals surface area contributed by atoms with Crippen LogP contribution in [0.3, 0.4) is 0 Å². The third-order valence-corrected chi connectivity index (χ3v) is 2.90. The lowest BCUT2D eigenvalue weighted by Gasteiger charge is -2.02. The number of aromatic nitrogens is 3. The smallest absolute Gasteiger partial charge is 0.309 e. The number of aryl methyl sites for hydroxylation is 1. The van der Waals surface area contributed by atoms with E-state index in [0.29, 0.717) is 12.1 Å². The van der Waals surface area contributed by atoms with Crippen molar-refractivity contribution in [3.05, 3.63) is 47.1 Å². The molecule has 0 amide bonds. The number of hydrogen-bond donors (Lipinski definition) is 1. The Hall–Kier alpha value is -3.01. The van der Waals surface area contributed by atoms with E-state index in [4.69, 9.17) is 10.4 Å². The van der Waals surface area contributed by atoms with Crippen molar-refractivity contribution in [1.29, 1.82) is 5.26 Å². The number of rotatable bonds is 5. The lowest BCUT2D eigenvalue weighted by Crippen LogP contribution is -2.38. The molecule has 0 spiro atoms. The Morgan fingerprint density at radius 1 is 1.43 bits per heavy atom. The van der Waals surface area contributed by atoms with Crippen LogP contribution in [0.25, 0.3) is 11.1 Å². The Bertz CT molecular complexity index is 744. The normalized spacial score (nSPS) is 10.0. The molecule has 0 radical (unpaired) electrons. The molecule has 0 aliphatic heterocycles. The van der Waals surface area contributed by atoms with E-state index < -0.39 is 5.97 Å². The van der Waals surface area contributed by atoms with E-state index in [9.17, 15) is 9.59 Å². The molecule has 0 bridgehead atoms. The highest BCUT2D eigenvalue weighted by Crippen LogP contribution is 2.14. The zero-order valence-electron chi connectivity index (χ0n) is 11.1. The number of pyridine rings is 1. The lowest BCUT2D eigenvalue weighted by molar-refractivity contribution is -0.752. The molecule has 0 atom stereocenters. The number of nitriles is 1. The van der Waals surface area contributed by atoms with E-state index in [2.05, 4.69) is 5.10 Å². The minimum absolute atomic E-state index is 0.00121. The van der Waals surface area contributed by atoms with Gasteiger partial charge in [-0.15, -0.1) is 0 Å². The highest BCUT2D eigenvalue weighted by Gasteiger charge is 2.08. The standard InChI is InChI=1S/C14H12N4O3/c15-4-8-17-5-1-11(9-13(17)19)12-2-6-18(16-10-12)7-3-14(20)21/h1-2,5-6,9-10H,3,7-8H2/p+1. The third-order valence-electron chi connectivity index (χ3n) is 2.90. The molecule has 2 rings (SSSR count). The van der Waals surface area contributed by atoms with Gasteiger partial charge in [-0.1, -0.05) is 4.68 Å². The Morgan fingerprint density at radius 2 is 2.24 bits per heavy atom. The first-order chi connectivity index (χ1) is 10.1. The summed E-state index contributed by atoms with van der Waals surface area (Å²) < 4.78 is 2.83. The second kappa shape index (κ2) is 6.43. The van der Waals surface area contributed by atoms with Crippen LogP contribution in [-0.2, 0) is 17.9 Å². The molecular weight excluding hydrogens is 272 g/mol. The van der Waals surface area contributed by atoms with Gasteiger partial charge in [-0.3, -0.25) is 9.59 Å². The fourth-order valence-corrected chi connectivity index (χ4v) is 1.79. The highest BCUT2D eigenvalue weighted by atomic mass is 16.4. The molecular formula is C14H13N4O3+. The summed E-state index contributed by atoms with van der Waals surface area (Å²) >= 11 is 0. The summed E-state index contributed by atoms with van der Waals surface area (Å²) in [5, 5.41) is 21.3. The second-order valence-electron chi connectivity index (χ2n) is 4.36. The SMILES string of the molecule is N#CCn1ccc(-c2cc[n+](CCC(=O)O)nc2)cc1=O. The van der Waals surface area contributed by atoms with Gasteiger partial charge in [0.2, 0.25) is 0 Å². The van der Waals surface area contributed by atoms with Crippen LogP contribution in [0.2, 0.25) is 0 Å². The van der Waals surface area contributed by atoms with Gasteiger partial charge in [-0.25, -0.2) is 0 Å². The van der Waals surface area contributed by atoms with Crippen LogP contribution in [0.4, 0.5) is 0 Å². The van der Waals surface area contributed by atoms with Crippen LogP contribution in [-0.4, -0.2) is 20.7 Å². The van der Waals surface area contributed by atoms with Gasteiger partial charge >= 0.3 is 5.97 Å². The summed E-state index contributed by atoms with van der Waals surface area (Å²) in [5.41, 5.74) is 1.20. The number of carboxylic acids is 1. The van der Waals surface area contributed by atoms with Crippen molar-refractivity contribution in [1.82, 2.24) is 9.67 Å². The van der Waals surface area contributed by atoms with E-state index in [1.807, 2.05) is 6.07 Å². The molecule has 7 heteroatoms. The van der Waals surface area contributed by atoms with Crippen LogP contribution in [0.15, 0.2) is 41.6 Å². The maximum Gasteiger partial charge on any atom is 0.309 e. The summed E-state index contributed by atoms with van der Waals surface area (Å²) in [6.07, 6.45) is 4.80. The van der Waals surface area contributed by atoms with Crippen LogP contribution in [0.5, 0.6) is 0 Å². The zero-order chi connectivity index (χ0) is 15.2. The molecule has 2 aromatic heterocycles. The van der Waals surface area contributed by atoms with E-state index in [1.165, 1.54) is 15.3 Å². The molecule has 2 aromatic rings. The van der Waals surface area contributed by atoms with Gasteiger partial charge in [0.1, 0.15) is 19.2 Å². The van der Waals surface area contributed by atoms with Crippen molar-refractivity contribution in [2.75, 3.05) is 0 Å². The van der Waals surface area contributed by atoms with Crippen LogP contribution in [0.1, 0.15) is 6.42 Å². The first-order valence-corrected chi connectivity index (χ1v) is 6.25. The average Bonchev–Trinajstić information content (AvgIpc) is 2.48. The molecule has 0 aliphatic carbocycles. The molecule has 21 heavy (non-hydrogen) atoms. The fourth-order valence-electron chi connectivity index (χ4n) is 1.79. The van der Waals surface area contributed by atoms with Crippen molar-refractivity contribution in [3.63, 3.8) is 0 Å². The van der Waals surface area contributed by atoms with Gasteiger partial charge in [0.25, 0.3) is 5.56 Å². The average molecular weight is 285 g/mol. The van der Waals surface area contributed by atoms with Gasteiger partial charge in [0.15, 0.2) is 12.7 Å². The van der Waals surface area contributed by atoms with Crippen molar-refractivity contribution >= 4 is 5.97 Å². The molecule has 0 unspecified atom stereocenters. The van der Waals surface area contributed by atoms with Gasteiger partial charge in [-0.2, -0.15) is 5.26 Å². The third kappa shape index (κ3) is 3.73. The van der Waals surface area contributed by atoms with Gasteiger partial charge in [0, 0.05) is 23.9 Å². The zero-order valence-corrected chi connectivity index (χ0v) is 11.1. The Morgan fingerprint density at radius 3 is 2.81 bits per heavy atom. The molecule has 7 nitrogen and oxygen atoms in total. The summed E-state index contributed by atoms with van der Waals surface area (Å²) in [7, 11) is 0. The van der Waals surface area contributed by atoms with Crippen molar-refractivity contribution in [2.45, 2.75) is 19.5 Å². The monoisotopic (exact) mass is 285 g/mol. The van der Waals surface area contributed by atoms with Crippen molar-refractivity contribution in [2.24, 2.45) is 0 Å². The molecule has 1 N–H and O–H groups in total. The molecule has 0 saturated carbocycles.